The maximum Gasteiger partial charge on any atom is 0.287 e. The number of rotatable bonds is 9. The van der Waals surface area contributed by atoms with Crippen molar-refractivity contribution in [2.24, 2.45) is 5.73 Å². The van der Waals surface area contributed by atoms with Crippen molar-refractivity contribution in [2.75, 3.05) is 4.72 Å². The Morgan fingerprint density at radius 3 is 2.19 bits per heavy atom. The largest absolute Gasteiger partial charge is 0.363 e. The molecule has 0 saturated carbocycles. The molecule has 0 aromatic heterocycles. The maximum atomic E-state index is 13.0. The Kier molecular flexibility index (Phi) is 7.12. The van der Waals surface area contributed by atoms with Crippen LogP contribution in [0.25, 0.3) is 10.8 Å². The number of sulfonamides is 1. The van der Waals surface area contributed by atoms with Crippen LogP contribution < -0.4 is 15.8 Å². The summed E-state index contributed by atoms with van der Waals surface area (Å²) in [6.45, 7) is 0. The van der Waals surface area contributed by atoms with Gasteiger partial charge in [-0.1, -0.05) is 66.7 Å². The maximum absolute atomic E-state index is 13.0. The van der Waals surface area contributed by atoms with Crippen LogP contribution in [0.5, 0.6) is 0 Å². The molecule has 36 heavy (non-hydrogen) atoms. The summed E-state index contributed by atoms with van der Waals surface area (Å²) in [4.78, 5) is 36.8. The van der Waals surface area contributed by atoms with Crippen molar-refractivity contribution in [2.45, 2.75) is 17.4 Å². The number of anilines is 1. The number of carbonyl (C=O) groups excluding carboxylic acids is 3. The number of primary amides is 1. The first-order valence-corrected chi connectivity index (χ1v) is 12.5. The summed E-state index contributed by atoms with van der Waals surface area (Å²) in [5, 5.41) is 4.22. The van der Waals surface area contributed by atoms with Gasteiger partial charge >= 0.3 is 0 Å². The van der Waals surface area contributed by atoms with Gasteiger partial charge in [0.1, 0.15) is 6.04 Å². The highest BCUT2D eigenvalue weighted by Crippen LogP contribution is 2.22. The van der Waals surface area contributed by atoms with Gasteiger partial charge in [0.15, 0.2) is 0 Å². The molecule has 0 saturated heterocycles. The van der Waals surface area contributed by atoms with Crippen LogP contribution in [0.2, 0.25) is 0 Å². The molecular weight excluding hydrogens is 478 g/mol. The molecule has 0 radical (unpaired) electrons. The van der Waals surface area contributed by atoms with Crippen LogP contribution in [0.15, 0.2) is 102 Å². The van der Waals surface area contributed by atoms with Crippen molar-refractivity contribution in [1.29, 1.82) is 0 Å². The highest BCUT2D eigenvalue weighted by Gasteiger charge is 2.26. The number of amides is 2. The van der Waals surface area contributed by atoms with Gasteiger partial charge in [-0.15, -0.1) is 0 Å². The van der Waals surface area contributed by atoms with Gasteiger partial charge in [0.2, 0.25) is 5.78 Å². The fourth-order valence-corrected chi connectivity index (χ4v) is 4.83. The first-order valence-electron chi connectivity index (χ1n) is 11.0. The molecule has 0 bridgehead atoms. The third kappa shape index (κ3) is 5.76. The first-order chi connectivity index (χ1) is 17.2. The third-order valence-electron chi connectivity index (χ3n) is 5.56. The number of nitrogens with two attached hydrogens (primary N) is 1. The first kappa shape index (κ1) is 24.6. The van der Waals surface area contributed by atoms with Crippen molar-refractivity contribution < 1.29 is 22.8 Å². The molecule has 9 heteroatoms. The molecule has 0 spiro atoms. The number of Topliss-reactive ketones (excluding diaryl/α,β-unsaturated/α-hetero) is 1. The van der Waals surface area contributed by atoms with Crippen LogP contribution in [0, 0.1) is 0 Å². The van der Waals surface area contributed by atoms with Crippen LogP contribution in [0.1, 0.15) is 15.9 Å². The fraction of sp³-hybridized carbons (Fsp3) is 0.0741. The lowest BCUT2D eigenvalue weighted by Gasteiger charge is -2.17. The Bertz CT molecular complexity index is 1550. The van der Waals surface area contributed by atoms with Crippen molar-refractivity contribution in [3.63, 3.8) is 0 Å². The van der Waals surface area contributed by atoms with Crippen molar-refractivity contribution >= 4 is 44.1 Å². The predicted octanol–water partition coefficient (Wildman–Crippen LogP) is 3.04. The zero-order valence-electron chi connectivity index (χ0n) is 19.0. The quantitative estimate of drug-likeness (QED) is 0.303. The monoisotopic (exact) mass is 501 g/mol. The molecule has 4 N–H and O–H groups in total. The molecule has 4 aromatic rings. The van der Waals surface area contributed by atoms with E-state index in [0.717, 1.165) is 16.3 Å². The van der Waals surface area contributed by atoms with E-state index in [1.54, 1.807) is 42.5 Å². The number of hydrogen-bond donors (Lipinski definition) is 3. The highest BCUT2D eigenvalue weighted by atomic mass is 32.2. The van der Waals surface area contributed by atoms with E-state index in [-0.39, 0.29) is 22.6 Å². The van der Waals surface area contributed by atoms with Gasteiger partial charge in [0, 0.05) is 17.7 Å². The zero-order valence-corrected chi connectivity index (χ0v) is 19.9. The highest BCUT2D eigenvalue weighted by molar-refractivity contribution is 7.92. The van der Waals surface area contributed by atoms with E-state index >= 15 is 0 Å². The number of benzene rings is 4. The Morgan fingerprint density at radius 1 is 0.778 bits per heavy atom. The third-order valence-corrected chi connectivity index (χ3v) is 6.93. The SMILES string of the molecule is NC(=O)C(=O)[C@H](Cc1ccccc1)NC(=O)c1cccc(NS(=O)(=O)c2ccc3ccccc3c2)c1. The zero-order chi connectivity index (χ0) is 25.7. The lowest BCUT2D eigenvalue weighted by Crippen LogP contribution is -2.47. The fourth-order valence-electron chi connectivity index (χ4n) is 3.74. The smallest absolute Gasteiger partial charge is 0.287 e. The Labute approximate surface area is 208 Å². The van der Waals surface area contributed by atoms with E-state index in [2.05, 4.69) is 10.0 Å². The molecule has 0 unspecified atom stereocenters. The van der Waals surface area contributed by atoms with Crippen LogP contribution >= 0.6 is 0 Å². The molecule has 8 nitrogen and oxygen atoms in total. The molecular formula is C27H23N3O5S. The Hall–Kier alpha value is -4.50. The van der Waals surface area contributed by atoms with E-state index in [9.17, 15) is 22.8 Å². The summed E-state index contributed by atoms with van der Waals surface area (Å²) in [7, 11) is -3.93. The number of nitrogens with one attached hydrogen (secondary N) is 2. The molecule has 4 rings (SSSR count). The van der Waals surface area contributed by atoms with Gasteiger partial charge < -0.3 is 11.1 Å². The lowest BCUT2D eigenvalue weighted by molar-refractivity contribution is -0.137. The van der Waals surface area contributed by atoms with Crippen molar-refractivity contribution in [3.8, 4) is 0 Å². The lowest BCUT2D eigenvalue weighted by atomic mass is 10.0. The number of carbonyl (C=O) groups is 3. The summed E-state index contributed by atoms with van der Waals surface area (Å²) < 4.78 is 28.4. The molecule has 2 amide bonds. The predicted molar refractivity (Wildman–Crippen MR) is 137 cm³/mol. The molecule has 0 aliphatic heterocycles. The average Bonchev–Trinajstić information content (AvgIpc) is 2.88. The standard InChI is InChI=1S/C27H23N3O5S/c28-26(32)25(31)24(15-18-7-2-1-3-8-18)29-27(33)21-11-6-12-22(16-21)30-36(34,35)23-14-13-19-9-4-5-10-20(19)17-23/h1-14,16-17,24,30H,15H2,(H2,28,32)(H,29,33)/t24-/m0/s1. The van der Waals surface area contributed by atoms with E-state index < -0.39 is 33.7 Å². The minimum Gasteiger partial charge on any atom is -0.363 e. The minimum absolute atomic E-state index is 0.0721. The second-order valence-corrected chi connectivity index (χ2v) is 9.82. The molecule has 0 fully saturated rings. The van der Waals surface area contributed by atoms with E-state index in [1.165, 1.54) is 30.3 Å². The number of hydrogen-bond acceptors (Lipinski definition) is 5. The molecule has 182 valence electrons. The van der Waals surface area contributed by atoms with Crippen molar-refractivity contribution in [1.82, 2.24) is 5.32 Å². The van der Waals surface area contributed by atoms with E-state index in [4.69, 9.17) is 5.73 Å². The van der Waals surface area contributed by atoms with Crippen LogP contribution in [-0.4, -0.2) is 32.1 Å². The molecule has 1 atom stereocenters. The summed E-state index contributed by atoms with van der Waals surface area (Å²) in [5.74, 6) is -2.74. The van der Waals surface area contributed by atoms with E-state index in [1.807, 2.05) is 24.3 Å². The molecule has 4 aromatic carbocycles. The molecule has 0 heterocycles. The van der Waals surface area contributed by atoms with Gasteiger partial charge in [-0.05, 0) is 46.7 Å². The van der Waals surface area contributed by atoms with E-state index in [0.29, 0.717) is 0 Å². The molecule has 0 aliphatic carbocycles. The Balaban J connectivity index is 1.53. The topological polar surface area (TPSA) is 135 Å². The summed E-state index contributed by atoms with van der Waals surface area (Å²) in [6.07, 6.45) is 0.0721. The summed E-state index contributed by atoms with van der Waals surface area (Å²) >= 11 is 0. The number of fused-ring (bicyclic) bond motifs is 1. The Morgan fingerprint density at radius 2 is 1.47 bits per heavy atom. The second kappa shape index (κ2) is 10.4. The van der Waals surface area contributed by atoms with Gasteiger partial charge in [0.25, 0.3) is 21.8 Å². The molecule has 0 aliphatic rings. The number of ketones is 1. The van der Waals surface area contributed by atoms with Gasteiger partial charge in [-0.3, -0.25) is 19.1 Å². The average molecular weight is 502 g/mol. The second-order valence-electron chi connectivity index (χ2n) is 8.14. The summed E-state index contributed by atoms with van der Waals surface area (Å²) in [5.41, 5.74) is 6.17. The van der Waals surface area contributed by atoms with Gasteiger partial charge in [-0.2, -0.15) is 0 Å². The minimum atomic E-state index is -3.93. The normalized spacial score (nSPS) is 12.0. The van der Waals surface area contributed by atoms with Crippen LogP contribution in [0.3, 0.4) is 0 Å². The summed E-state index contributed by atoms with van der Waals surface area (Å²) in [6, 6.07) is 25.7. The van der Waals surface area contributed by atoms with Gasteiger partial charge in [0.05, 0.1) is 4.90 Å². The van der Waals surface area contributed by atoms with Crippen LogP contribution in [0.4, 0.5) is 5.69 Å². The van der Waals surface area contributed by atoms with Gasteiger partial charge in [-0.25, -0.2) is 8.42 Å². The van der Waals surface area contributed by atoms with Crippen molar-refractivity contribution in [3.05, 3.63) is 108 Å². The van der Waals surface area contributed by atoms with Crippen LogP contribution in [-0.2, 0) is 26.0 Å².